The van der Waals surface area contributed by atoms with Crippen molar-refractivity contribution in [1.29, 1.82) is 0 Å². The van der Waals surface area contributed by atoms with Crippen molar-refractivity contribution in [3.05, 3.63) is 41.8 Å². The van der Waals surface area contributed by atoms with E-state index in [1.165, 1.54) is 0 Å². The van der Waals surface area contributed by atoms with Gasteiger partial charge in [-0.25, -0.2) is 0 Å². The molecule has 1 aromatic carbocycles. The SMILES string of the molecule is [CH2][C@H]1OC(CC)(CC)O[C@@H]1c1ccccc1Cl. The van der Waals surface area contributed by atoms with Crippen LogP contribution in [-0.2, 0) is 9.47 Å². The van der Waals surface area contributed by atoms with Gasteiger partial charge >= 0.3 is 0 Å². The molecule has 93 valence electrons. The molecule has 1 aromatic rings. The van der Waals surface area contributed by atoms with Crippen LogP contribution in [-0.4, -0.2) is 11.9 Å². The molecular formula is C14H18ClO2. The fraction of sp³-hybridized carbons (Fsp3) is 0.500. The number of ether oxygens (including phenoxy) is 2. The number of halogens is 1. The summed E-state index contributed by atoms with van der Waals surface area (Å²) in [5, 5.41) is 0.706. The molecule has 2 nitrogen and oxygen atoms in total. The monoisotopic (exact) mass is 253 g/mol. The molecule has 0 amide bonds. The predicted molar refractivity (Wildman–Crippen MR) is 68.8 cm³/mol. The molecule has 1 saturated heterocycles. The fourth-order valence-corrected chi connectivity index (χ4v) is 2.47. The molecule has 0 bridgehead atoms. The highest BCUT2D eigenvalue weighted by Gasteiger charge is 2.44. The lowest BCUT2D eigenvalue weighted by molar-refractivity contribution is -0.177. The van der Waals surface area contributed by atoms with E-state index in [1.807, 2.05) is 24.3 Å². The summed E-state index contributed by atoms with van der Waals surface area (Å²) in [6, 6.07) is 7.70. The summed E-state index contributed by atoms with van der Waals surface area (Å²) < 4.78 is 11.9. The maximum atomic E-state index is 6.19. The highest BCUT2D eigenvalue weighted by molar-refractivity contribution is 6.31. The molecule has 1 fully saturated rings. The second-order valence-corrected chi connectivity index (χ2v) is 4.74. The lowest BCUT2D eigenvalue weighted by Gasteiger charge is -2.25. The van der Waals surface area contributed by atoms with E-state index in [-0.39, 0.29) is 12.2 Å². The molecule has 3 heteroatoms. The summed E-state index contributed by atoms with van der Waals surface area (Å²) in [5.74, 6) is -0.504. The zero-order valence-electron chi connectivity index (χ0n) is 10.3. The van der Waals surface area contributed by atoms with Crippen molar-refractivity contribution in [1.82, 2.24) is 0 Å². The third-order valence-electron chi connectivity index (χ3n) is 3.33. The summed E-state index contributed by atoms with van der Waals surface area (Å²) >= 11 is 6.19. The zero-order chi connectivity index (χ0) is 12.5. The third-order valence-corrected chi connectivity index (χ3v) is 3.68. The second kappa shape index (κ2) is 4.97. The van der Waals surface area contributed by atoms with Crippen molar-refractivity contribution in [3.63, 3.8) is 0 Å². The Labute approximate surface area is 108 Å². The number of rotatable bonds is 3. The Morgan fingerprint density at radius 3 is 2.41 bits per heavy atom. The number of hydrogen-bond acceptors (Lipinski definition) is 2. The molecule has 1 aliphatic rings. The predicted octanol–water partition coefficient (Wildman–Crippen LogP) is 4.15. The van der Waals surface area contributed by atoms with Crippen molar-refractivity contribution < 1.29 is 9.47 Å². The summed E-state index contributed by atoms with van der Waals surface area (Å²) in [5.41, 5.74) is 0.956. The Bertz CT molecular complexity index is 388. The molecule has 0 saturated carbocycles. The van der Waals surface area contributed by atoms with Crippen LogP contribution in [0.3, 0.4) is 0 Å². The van der Waals surface area contributed by atoms with Crippen LogP contribution in [0.4, 0.5) is 0 Å². The van der Waals surface area contributed by atoms with Crippen LogP contribution in [0.15, 0.2) is 24.3 Å². The molecule has 1 heterocycles. The minimum atomic E-state index is -0.504. The van der Waals surface area contributed by atoms with Gasteiger partial charge in [-0.1, -0.05) is 43.6 Å². The summed E-state index contributed by atoms with van der Waals surface area (Å²) in [6.45, 7) is 8.14. The van der Waals surface area contributed by atoms with Crippen LogP contribution in [0.25, 0.3) is 0 Å². The van der Waals surface area contributed by atoms with Gasteiger partial charge in [0.25, 0.3) is 0 Å². The van der Waals surface area contributed by atoms with E-state index in [1.54, 1.807) is 0 Å². The Balaban J connectivity index is 2.27. The van der Waals surface area contributed by atoms with Crippen molar-refractivity contribution in [2.45, 2.75) is 44.7 Å². The van der Waals surface area contributed by atoms with Crippen LogP contribution in [0.2, 0.25) is 5.02 Å². The Hall–Kier alpha value is -0.570. The molecule has 2 rings (SSSR count). The zero-order valence-corrected chi connectivity index (χ0v) is 11.0. The van der Waals surface area contributed by atoms with Crippen LogP contribution in [0.5, 0.6) is 0 Å². The number of benzene rings is 1. The van der Waals surface area contributed by atoms with Crippen molar-refractivity contribution in [2.75, 3.05) is 0 Å². The normalized spacial score (nSPS) is 27.3. The fourth-order valence-electron chi connectivity index (χ4n) is 2.23. The largest absolute Gasteiger partial charge is 0.344 e. The molecule has 0 aliphatic carbocycles. The van der Waals surface area contributed by atoms with E-state index in [4.69, 9.17) is 21.1 Å². The second-order valence-electron chi connectivity index (χ2n) is 4.33. The molecule has 1 radical (unpaired) electrons. The first-order valence-corrected chi connectivity index (χ1v) is 6.43. The van der Waals surface area contributed by atoms with Gasteiger partial charge in [0.15, 0.2) is 5.79 Å². The van der Waals surface area contributed by atoms with E-state index >= 15 is 0 Å². The van der Waals surface area contributed by atoms with Gasteiger partial charge in [-0.2, -0.15) is 0 Å². The average molecular weight is 254 g/mol. The standard InChI is InChI=1S/C14H18ClO2/c1-4-14(5-2)16-10(3)13(17-14)11-8-6-7-9-12(11)15/h6-10,13H,3-5H2,1-2H3/t10-,13+/m1/s1. The average Bonchev–Trinajstić information content (AvgIpc) is 2.68. The van der Waals surface area contributed by atoms with Gasteiger partial charge in [-0.3, -0.25) is 0 Å². The summed E-state index contributed by atoms with van der Waals surface area (Å²) in [4.78, 5) is 0. The van der Waals surface area contributed by atoms with Gasteiger partial charge in [-0.05, 0) is 25.8 Å². The van der Waals surface area contributed by atoms with Gasteiger partial charge in [0.1, 0.15) is 6.10 Å². The van der Waals surface area contributed by atoms with Gasteiger partial charge in [-0.15, -0.1) is 0 Å². The highest BCUT2D eigenvalue weighted by Crippen LogP contribution is 2.43. The first kappa shape index (κ1) is 12.9. The van der Waals surface area contributed by atoms with Gasteiger partial charge < -0.3 is 9.47 Å². The topological polar surface area (TPSA) is 18.5 Å². The van der Waals surface area contributed by atoms with Crippen LogP contribution in [0, 0.1) is 6.92 Å². The highest BCUT2D eigenvalue weighted by atomic mass is 35.5. The lowest BCUT2D eigenvalue weighted by atomic mass is 10.1. The van der Waals surface area contributed by atoms with Crippen molar-refractivity contribution >= 4 is 11.6 Å². The first-order chi connectivity index (χ1) is 8.12. The van der Waals surface area contributed by atoms with E-state index in [2.05, 4.69) is 20.8 Å². The molecule has 2 atom stereocenters. The third kappa shape index (κ3) is 2.35. The lowest BCUT2D eigenvalue weighted by Crippen LogP contribution is -2.28. The van der Waals surface area contributed by atoms with Crippen molar-refractivity contribution in [3.8, 4) is 0 Å². The summed E-state index contributed by atoms with van der Waals surface area (Å²) in [6.07, 6.45) is 1.24. The van der Waals surface area contributed by atoms with E-state index < -0.39 is 5.79 Å². The van der Waals surface area contributed by atoms with Crippen LogP contribution >= 0.6 is 11.6 Å². The van der Waals surface area contributed by atoms with Crippen LogP contribution < -0.4 is 0 Å². The minimum absolute atomic E-state index is 0.177. The number of hydrogen-bond donors (Lipinski definition) is 0. The maximum Gasteiger partial charge on any atom is 0.169 e. The Morgan fingerprint density at radius 1 is 1.24 bits per heavy atom. The first-order valence-electron chi connectivity index (χ1n) is 6.05. The Kier molecular flexibility index (Phi) is 3.76. The van der Waals surface area contributed by atoms with Gasteiger partial charge in [0.2, 0.25) is 0 Å². The van der Waals surface area contributed by atoms with E-state index in [0.717, 1.165) is 18.4 Å². The van der Waals surface area contributed by atoms with Gasteiger partial charge in [0, 0.05) is 10.6 Å². The quantitative estimate of drug-likeness (QED) is 0.806. The molecule has 0 spiro atoms. The maximum absolute atomic E-state index is 6.19. The van der Waals surface area contributed by atoms with E-state index in [9.17, 15) is 0 Å². The van der Waals surface area contributed by atoms with Crippen LogP contribution in [0.1, 0.15) is 38.4 Å². The molecule has 0 N–H and O–H groups in total. The van der Waals surface area contributed by atoms with E-state index in [0.29, 0.717) is 5.02 Å². The molecule has 0 aromatic heterocycles. The minimum Gasteiger partial charge on any atom is -0.344 e. The molecular weight excluding hydrogens is 236 g/mol. The molecule has 1 aliphatic heterocycles. The Morgan fingerprint density at radius 2 is 1.88 bits per heavy atom. The van der Waals surface area contributed by atoms with Gasteiger partial charge in [0.05, 0.1) is 6.10 Å². The smallest absolute Gasteiger partial charge is 0.169 e. The molecule has 17 heavy (non-hydrogen) atoms. The molecule has 0 unspecified atom stereocenters. The summed E-state index contributed by atoms with van der Waals surface area (Å²) in [7, 11) is 0. The van der Waals surface area contributed by atoms with Crippen molar-refractivity contribution in [2.24, 2.45) is 0 Å².